The molecule has 2 aromatic heterocycles. The van der Waals surface area contributed by atoms with E-state index in [1.807, 2.05) is 18.4 Å². The van der Waals surface area contributed by atoms with Gasteiger partial charge in [-0.05, 0) is 37.9 Å². The molecule has 0 radical (unpaired) electrons. The lowest BCUT2D eigenvalue weighted by Crippen LogP contribution is -2.05. The van der Waals surface area contributed by atoms with E-state index in [9.17, 15) is 0 Å². The summed E-state index contributed by atoms with van der Waals surface area (Å²) in [6.07, 6.45) is 5.30. The average molecular weight is 234 g/mol. The summed E-state index contributed by atoms with van der Waals surface area (Å²) in [6, 6.07) is 2.27. The molecule has 0 saturated carbocycles. The van der Waals surface area contributed by atoms with Gasteiger partial charge in [0.1, 0.15) is 5.69 Å². The van der Waals surface area contributed by atoms with Gasteiger partial charge in [-0.15, -0.1) is 11.3 Å². The lowest BCUT2D eigenvalue weighted by Gasteiger charge is -1.97. The predicted molar refractivity (Wildman–Crippen MR) is 64.6 cm³/mol. The van der Waals surface area contributed by atoms with Crippen LogP contribution in [-0.2, 0) is 19.4 Å². The maximum absolute atomic E-state index is 5.50. The fourth-order valence-corrected chi connectivity index (χ4v) is 3.47. The van der Waals surface area contributed by atoms with E-state index in [0.29, 0.717) is 0 Å². The Kier molecular flexibility index (Phi) is 2.53. The number of nitrogens with zero attached hydrogens (tertiary/aromatic N) is 1. The number of hydrogen-bond donors (Lipinski definition) is 1. The van der Waals surface area contributed by atoms with E-state index >= 15 is 0 Å². The van der Waals surface area contributed by atoms with Crippen LogP contribution in [-0.4, -0.2) is 12.0 Å². The van der Waals surface area contributed by atoms with Crippen molar-refractivity contribution in [3.63, 3.8) is 0 Å². The quantitative estimate of drug-likeness (QED) is 0.887. The predicted octanol–water partition coefficient (Wildman–Crippen LogP) is 2.61. The number of aromatic nitrogens is 1. The molecule has 2 heterocycles. The van der Waals surface area contributed by atoms with Gasteiger partial charge in [0.15, 0.2) is 12.2 Å². The number of fused-ring (bicyclic) bond motifs is 1. The first kappa shape index (κ1) is 10.1. The molecule has 84 valence electrons. The second kappa shape index (κ2) is 4.03. The first-order valence-electron chi connectivity index (χ1n) is 5.57. The second-order valence-corrected chi connectivity index (χ2v) is 5.21. The first-order chi connectivity index (χ1) is 7.88. The number of oxazole rings is 1. The number of thiophene rings is 1. The molecule has 0 amide bonds. The van der Waals surface area contributed by atoms with Crippen molar-refractivity contribution in [2.24, 2.45) is 0 Å². The van der Waals surface area contributed by atoms with Crippen LogP contribution in [0.25, 0.3) is 10.6 Å². The fourth-order valence-electron chi connectivity index (χ4n) is 2.20. The third-order valence-electron chi connectivity index (χ3n) is 2.96. The van der Waals surface area contributed by atoms with Gasteiger partial charge in [-0.25, -0.2) is 4.98 Å². The van der Waals surface area contributed by atoms with Gasteiger partial charge in [-0.1, -0.05) is 0 Å². The van der Waals surface area contributed by atoms with Gasteiger partial charge in [0, 0.05) is 11.4 Å². The molecule has 0 spiro atoms. The number of hydrogen-bond acceptors (Lipinski definition) is 4. The van der Waals surface area contributed by atoms with Gasteiger partial charge < -0.3 is 9.73 Å². The summed E-state index contributed by atoms with van der Waals surface area (Å²) in [5, 5.41) is 3.11. The van der Waals surface area contributed by atoms with Gasteiger partial charge in [-0.3, -0.25) is 0 Å². The van der Waals surface area contributed by atoms with Gasteiger partial charge in [-0.2, -0.15) is 0 Å². The molecule has 0 fully saturated rings. The highest BCUT2D eigenvalue weighted by atomic mass is 32.1. The van der Waals surface area contributed by atoms with Gasteiger partial charge in [0.2, 0.25) is 0 Å². The molecular weight excluding hydrogens is 220 g/mol. The van der Waals surface area contributed by atoms with Crippen molar-refractivity contribution in [2.75, 3.05) is 7.05 Å². The van der Waals surface area contributed by atoms with E-state index < -0.39 is 0 Å². The van der Waals surface area contributed by atoms with Gasteiger partial charge in [0.05, 0.1) is 4.88 Å². The van der Waals surface area contributed by atoms with Gasteiger partial charge >= 0.3 is 0 Å². The summed E-state index contributed by atoms with van der Waals surface area (Å²) in [5.41, 5.74) is 2.51. The Hall–Kier alpha value is -1.13. The molecule has 0 saturated heterocycles. The van der Waals surface area contributed by atoms with Crippen LogP contribution in [0.15, 0.2) is 16.9 Å². The monoisotopic (exact) mass is 234 g/mol. The Bertz CT molecular complexity index is 479. The molecule has 0 atom stereocenters. The third kappa shape index (κ3) is 1.58. The zero-order chi connectivity index (χ0) is 11.0. The summed E-state index contributed by atoms with van der Waals surface area (Å²) in [4.78, 5) is 7.00. The maximum Gasteiger partial charge on any atom is 0.181 e. The van der Waals surface area contributed by atoms with E-state index in [1.54, 1.807) is 0 Å². The minimum atomic E-state index is 0.758. The Balaban J connectivity index is 1.98. The zero-order valence-corrected chi connectivity index (χ0v) is 10.1. The number of rotatable bonds is 3. The standard InChI is InChI=1S/C12H14N2OS/c1-13-6-9-12(15-7-14-9)11-5-8-3-2-4-10(8)16-11/h5,7,13H,2-4,6H2,1H3. The van der Waals surface area contributed by atoms with Crippen molar-refractivity contribution < 1.29 is 4.42 Å². The van der Waals surface area contributed by atoms with E-state index in [-0.39, 0.29) is 0 Å². The minimum absolute atomic E-state index is 0.758. The minimum Gasteiger partial charge on any atom is -0.442 e. The van der Waals surface area contributed by atoms with E-state index in [2.05, 4.69) is 16.4 Å². The molecule has 1 aliphatic carbocycles. The van der Waals surface area contributed by atoms with Crippen molar-refractivity contribution in [3.8, 4) is 10.6 Å². The molecule has 3 rings (SSSR count). The molecule has 0 aliphatic heterocycles. The summed E-state index contributed by atoms with van der Waals surface area (Å²) < 4.78 is 5.50. The maximum atomic E-state index is 5.50. The molecule has 16 heavy (non-hydrogen) atoms. The Morgan fingerprint density at radius 2 is 2.44 bits per heavy atom. The summed E-state index contributed by atoms with van der Waals surface area (Å²) in [7, 11) is 1.92. The zero-order valence-electron chi connectivity index (χ0n) is 9.25. The van der Waals surface area contributed by atoms with Crippen molar-refractivity contribution in [1.82, 2.24) is 10.3 Å². The Morgan fingerprint density at radius 1 is 1.50 bits per heavy atom. The lowest BCUT2D eigenvalue weighted by atomic mass is 10.2. The molecule has 1 aliphatic rings. The smallest absolute Gasteiger partial charge is 0.181 e. The highest BCUT2D eigenvalue weighted by Gasteiger charge is 2.19. The molecule has 0 unspecified atom stereocenters. The Morgan fingerprint density at radius 3 is 3.25 bits per heavy atom. The molecular formula is C12H14N2OS. The lowest BCUT2D eigenvalue weighted by molar-refractivity contribution is 0.571. The molecule has 3 nitrogen and oxygen atoms in total. The SMILES string of the molecule is CNCc1ncoc1-c1cc2c(s1)CCC2. The number of aryl methyl sites for hydroxylation is 2. The largest absolute Gasteiger partial charge is 0.442 e. The molecule has 2 aromatic rings. The second-order valence-electron chi connectivity index (χ2n) is 4.07. The third-order valence-corrected chi connectivity index (χ3v) is 4.19. The van der Waals surface area contributed by atoms with Crippen LogP contribution in [0.4, 0.5) is 0 Å². The van der Waals surface area contributed by atoms with Crippen LogP contribution in [0, 0.1) is 0 Å². The van der Waals surface area contributed by atoms with Crippen molar-refractivity contribution in [2.45, 2.75) is 25.8 Å². The molecule has 0 aromatic carbocycles. The number of nitrogens with one attached hydrogen (secondary N) is 1. The molecule has 0 bridgehead atoms. The van der Waals surface area contributed by atoms with Crippen LogP contribution in [0.1, 0.15) is 22.6 Å². The van der Waals surface area contributed by atoms with E-state index in [1.165, 1.54) is 41.0 Å². The molecule has 1 N–H and O–H groups in total. The normalized spacial score (nSPS) is 14.3. The van der Waals surface area contributed by atoms with Gasteiger partial charge in [0.25, 0.3) is 0 Å². The topological polar surface area (TPSA) is 38.1 Å². The molecule has 4 heteroatoms. The van der Waals surface area contributed by atoms with Crippen molar-refractivity contribution in [3.05, 3.63) is 28.6 Å². The highest BCUT2D eigenvalue weighted by molar-refractivity contribution is 7.15. The van der Waals surface area contributed by atoms with Crippen molar-refractivity contribution >= 4 is 11.3 Å². The van der Waals surface area contributed by atoms with E-state index in [0.717, 1.165) is 18.0 Å². The van der Waals surface area contributed by atoms with E-state index in [4.69, 9.17) is 4.42 Å². The van der Waals surface area contributed by atoms with Crippen molar-refractivity contribution in [1.29, 1.82) is 0 Å². The fraction of sp³-hybridized carbons (Fsp3) is 0.417. The first-order valence-corrected chi connectivity index (χ1v) is 6.39. The van der Waals surface area contributed by atoms with Crippen LogP contribution >= 0.6 is 11.3 Å². The van der Waals surface area contributed by atoms with Crippen LogP contribution in [0.3, 0.4) is 0 Å². The summed E-state index contributed by atoms with van der Waals surface area (Å²) >= 11 is 1.86. The van der Waals surface area contributed by atoms with Crippen LogP contribution in [0.2, 0.25) is 0 Å². The Labute approximate surface area is 98.5 Å². The average Bonchev–Trinajstić information content (AvgIpc) is 2.88. The van der Waals surface area contributed by atoms with Crippen LogP contribution in [0.5, 0.6) is 0 Å². The van der Waals surface area contributed by atoms with Crippen LogP contribution < -0.4 is 5.32 Å². The summed E-state index contributed by atoms with van der Waals surface area (Å²) in [5.74, 6) is 0.939. The summed E-state index contributed by atoms with van der Waals surface area (Å²) in [6.45, 7) is 0.758. The highest BCUT2D eigenvalue weighted by Crippen LogP contribution is 2.37.